The second kappa shape index (κ2) is 6.70. The molecule has 1 nitrogen and oxygen atoms in total. The van der Waals surface area contributed by atoms with Gasteiger partial charge in [-0.25, -0.2) is 0 Å². The van der Waals surface area contributed by atoms with Crippen molar-refractivity contribution in [1.82, 2.24) is 4.67 Å². The molecule has 0 aliphatic rings. The first-order valence-electron chi connectivity index (χ1n) is 4.46. The third kappa shape index (κ3) is 4.56. The number of aryl methyl sites for hydroxylation is 1. The van der Waals surface area contributed by atoms with Crippen LogP contribution in [0, 0.1) is 6.92 Å². The molecule has 0 amide bonds. The van der Waals surface area contributed by atoms with Crippen molar-refractivity contribution in [3.8, 4) is 0 Å². The van der Waals surface area contributed by atoms with Gasteiger partial charge in [-0.2, -0.15) is 0 Å². The highest BCUT2D eigenvalue weighted by Gasteiger charge is 2.18. The summed E-state index contributed by atoms with van der Waals surface area (Å²) in [6.45, 7) is 1.97. The Kier molecular flexibility index (Phi) is 5.88. The summed E-state index contributed by atoms with van der Waals surface area (Å²) in [4.78, 5) is 0. The van der Waals surface area contributed by atoms with Crippen LogP contribution >= 0.6 is 58.0 Å². The number of rotatable bonds is 2. The van der Waals surface area contributed by atoms with Gasteiger partial charge in [-0.3, -0.25) is 0 Å². The van der Waals surface area contributed by atoms with Crippen LogP contribution in [0.3, 0.4) is 0 Å². The molecule has 0 radical (unpaired) electrons. The Labute approximate surface area is 124 Å². The molecule has 1 aromatic carbocycles. The van der Waals surface area contributed by atoms with E-state index in [0.717, 1.165) is 11.1 Å². The Bertz CT molecular complexity index is 505. The van der Waals surface area contributed by atoms with E-state index in [4.69, 9.17) is 58.0 Å². The van der Waals surface area contributed by atoms with Gasteiger partial charge in [-0.1, -0.05) is 57.2 Å². The summed E-state index contributed by atoms with van der Waals surface area (Å²) < 4.78 is 3.74. The van der Waals surface area contributed by atoms with E-state index in [9.17, 15) is 0 Å². The van der Waals surface area contributed by atoms with Gasteiger partial charge in [0.2, 0.25) is 0 Å². The first-order chi connectivity index (χ1) is 7.91. The fourth-order valence-electron chi connectivity index (χ4n) is 0.969. The van der Waals surface area contributed by atoms with E-state index in [2.05, 4.69) is 4.67 Å². The normalized spacial score (nSPS) is 9.53. The van der Waals surface area contributed by atoms with Crippen LogP contribution in [-0.2, 0) is 0 Å². The van der Waals surface area contributed by atoms with E-state index < -0.39 is 0 Å². The van der Waals surface area contributed by atoms with Gasteiger partial charge in [0.05, 0.1) is 5.56 Å². The lowest BCUT2D eigenvalue weighted by Gasteiger charge is -1.90. The standard InChI is InChI=1S/C11H7Cl5N/c1-6-2-4-7(5-3-6)10(15)17-11(16)8(12)9(13)14/h2-5H,1H3/q+1. The quantitative estimate of drug-likeness (QED) is 0.557. The molecule has 17 heavy (non-hydrogen) atoms. The Morgan fingerprint density at radius 1 is 0.941 bits per heavy atom. The van der Waals surface area contributed by atoms with Crippen molar-refractivity contribution in [3.63, 3.8) is 0 Å². The van der Waals surface area contributed by atoms with Crippen molar-refractivity contribution in [2.24, 2.45) is 0 Å². The van der Waals surface area contributed by atoms with Gasteiger partial charge >= 0.3 is 10.3 Å². The van der Waals surface area contributed by atoms with Crippen molar-refractivity contribution in [3.05, 3.63) is 44.9 Å². The highest BCUT2D eigenvalue weighted by Crippen LogP contribution is 2.19. The molecule has 0 atom stereocenters. The van der Waals surface area contributed by atoms with Gasteiger partial charge in [0, 0.05) is 23.2 Å². The molecule has 0 unspecified atom stereocenters. The monoisotopic (exact) mass is 328 g/mol. The fourth-order valence-corrected chi connectivity index (χ4v) is 1.72. The average molecular weight is 330 g/mol. The SMILES string of the molecule is Cc1ccc(C(Cl)=[N+]=C(Cl)C(Cl)=C(Cl)Cl)cc1. The molecule has 0 spiro atoms. The number of hydrogen-bond donors (Lipinski definition) is 0. The average Bonchev–Trinajstić information content (AvgIpc) is 2.28. The third-order valence-corrected chi connectivity index (χ3v) is 3.45. The minimum atomic E-state index is -0.159. The Hall–Kier alpha value is -0.140. The molecule has 0 saturated carbocycles. The molecular formula is C11H7Cl5N+. The van der Waals surface area contributed by atoms with E-state index in [0.29, 0.717) is 0 Å². The highest BCUT2D eigenvalue weighted by molar-refractivity contribution is 6.80. The van der Waals surface area contributed by atoms with Gasteiger partial charge in [0.15, 0.2) is 5.03 Å². The second-order valence-electron chi connectivity index (χ2n) is 3.13. The number of benzene rings is 1. The lowest BCUT2D eigenvalue weighted by Crippen LogP contribution is -2.01. The van der Waals surface area contributed by atoms with E-state index in [1.807, 2.05) is 31.2 Å². The van der Waals surface area contributed by atoms with Crippen molar-refractivity contribution in [2.45, 2.75) is 6.92 Å². The van der Waals surface area contributed by atoms with Crippen LogP contribution in [0.25, 0.3) is 0 Å². The molecule has 0 heterocycles. The first kappa shape index (κ1) is 14.9. The molecule has 0 saturated heterocycles. The van der Waals surface area contributed by atoms with Crippen LogP contribution in [-0.4, -0.2) is 10.3 Å². The van der Waals surface area contributed by atoms with E-state index in [1.165, 1.54) is 0 Å². The summed E-state index contributed by atoms with van der Waals surface area (Å²) in [6.07, 6.45) is 0. The summed E-state index contributed by atoms with van der Waals surface area (Å²) in [5.74, 6) is 0. The van der Waals surface area contributed by atoms with E-state index in [-0.39, 0.29) is 19.9 Å². The molecule has 0 aromatic heterocycles. The van der Waals surface area contributed by atoms with Crippen LogP contribution in [0.4, 0.5) is 0 Å². The minimum Gasteiger partial charge on any atom is -0.0719 e. The van der Waals surface area contributed by atoms with Gasteiger partial charge in [0.25, 0.3) is 0 Å². The van der Waals surface area contributed by atoms with E-state index in [1.54, 1.807) is 0 Å². The van der Waals surface area contributed by atoms with Crippen LogP contribution in [0.15, 0.2) is 33.8 Å². The van der Waals surface area contributed by atoms with Gasteiger partial charge in [0.1, 0.15) is 4.49 Å². The maximum atomic E-state index is 5.98. The summed E-state index contributed by atoms with van der Waals surface area (Å²) in [5, 5.41) is 0.111. The van der Waals surface area contributed by atoms with Crippen molar-refractivity contribution < 1.29 is 0 Å². The lowest BCUT2D eigenvalue weighted by atomic mass is 10.2. The molecule has 1 rings (SSSR count). The molecule has 1 aromatic rings. The second-order valence-corrected chi connectivity index (χ2v) is 5.18. The van der Waals surface area contributed by atoms with Crippen molar-refractivity contribution >= 4 is 68.3 Å². The molecule has 90 valence electrons. The smallest absolute Gasteiger partial charge is 0.0719 e. The number of hydrogen-bond acceptors (Lipinski definition) is 0. The Morgan fingerprint density at radius 3 is 1.94 bits per heavy atom. The van der Waals surface area contributed by atoms with Crippen molar-refractivity contribution in [2.75, 3.05) is 0 Å². The van der Waals surface area contributed by atoms with Gasteiger partial charge in [-0.05, 0) is 19.1 Å². The van der Waals surface area contributed by atoms with Crippen LogP contribution in [0.1, 0.15) is 11.1 Å². The Morgan fingerprint density at radius 2 is 1.47 bits per heavy atom. The summed E-state index contributed by atoms with van der Waals surface area (Å²) >= 11 is 28.4. The molecule has 6 heteroatoms. The molecule has 0 N–H and O–H groups in total. The number of halogens is 5. The fraction of sp³-hybridized carbons (Fsp3) is 0.0909. The lowest BCUT2D eigenvalue weighted by molar-refractivity contribution is 1.46. The summed E-state index contributed by atoms with van der Waals surface area (Å²) in [6, 6.07) is 7.47. The zero-order valence-corrected chi connectivity index (χ0v) is 12.4. The van der Waals surface area contributed by atoms with Gasteiger partial charge in [-0.15, -0.1) is 0 Å². The highest BCUT2D eigenvalue weighted by atomic mass is 35.5. The van der Waals surface area contributed by atoms with Crippen molar-refractivity contribution in [1.29, 1.82) is 0 Å². The van der Waals surface area contributed by atoms with Gasteiger partial charge < -0.3 is 0 Å². The number of nitrogens with zero attached hydrogens (tertiary/aromatic N) is 1. The van der Waals surface area contributed by atoms with Crippen LogP contribution in [0.2, 0.25) is 0 Å². The zero-order valence-electron chi connectivity index (χ0n) is 8.65. The van der Waals surface area contributed by atoms with E-state index >= 15 is 0 Å². The largest absolute Gasteiger partial charge is 0.418 e. The zero-order chi connectivity index (χ0) is 13.0. The third-order valence-electron chi connectivity index (χ3n) is 1.83. The molecule has 0 bridgehead atoms. The predicted molar refractivity (Wildman–Crippen MR) is 78.7 cm³/mol. The summed E-state index contributed by atoms with van der Waals surface area (Å²) in [5.41, 5.74) is 1.85. The molecule has 0 aliphatic carbocycles. The minimum absolute atomic E-state index is 0.0414. The maximum absolute atomic E-state index is 5.98. The number of allylic oxidation sites excluding steroid dienone is 1. The first-order valence-corrected chi connectivity index (χ1v) is 6.35. The topological polar surface area (TPSA) is 14.1 Å². The van der Waals surface area contributed by atoms with Crippen LogP contribution < -0.4 is 4.67 Å². The molecular weight excluding hydrogens is 323 g/mol. The Balaban J connectivity index is 3.20. The summed E-state index contributed by atoms with van der Waals surface area (Å²) in [7, 11) is 0. The van der Waals surface area contributed by atoms with Crippen LogP contribution in [0.5, 0.6) is 0 Å². The predicted octanol–water partition coefficient (Wildman–Crippen LogP) is 4.57. The molecule has 0 fully saturated rings. The molecule has 0 aliphatic heterocycles. The maximum Gasteiger partial charge on any atom is 0.418 e.